The number of benzene rings is 1. The molecule has 0 aliphatic carbocycles. The van der Waals surface area contributed by atoms with Crippen molar-refractivity contribution >= 4 is 53.5 Å². The van der Waals surface area contributed by atoms with Crippen LogP contribution in [0, 0.1) is 0 Å². The Kier molecular flexibility index (Phi) is 6.50. The maximum Gasteiger partial charge on any atom is 0.243 e. The molecule has 8 nitrogen and oxygen atoms in total. The number of hydrogen-bond acceptors (Lipinski definition) is 8. The van der Waals surface area contributed by atoms with Crippen molar-refractivity contribution in [3.63, 3.8) is 0 Å². The molecule has 11 heteroatoms. The third-order valence-electron chi connectivity index (χ3n) is 6.65. The summed E-state index contributed by atoms with van der Waals surface area (Å²) in [6.45, 7) is 4.78. The van der Waals surface area contributed by atoms with Crippen LogP contribution in [0.15, 0.2) is 24.5 Å². The average Bonchev–Trinajstić information content (AvgIpc) is 3.14. The highest BCUT2D eigenvalue weighted by molar-refractivity contribution is 7.80. The molecule has 1 N–H and O–H groups in total. The molecule has 174 valence electrons. The van der Waals surface area contributed by atoms with E-state index in [1.807, 2.05) is 0 Å². The van der Waals surface area contributed by atoms with Crippen LogP contribution >= 0.6 is 35.8 Å². The van der Waals surface area contributed by atoms with Crippen LogP contribution in [0.25, 0.3) is 0 Å². The lowest BCUT2D eigenvalue weighted by molar-refractivity contribution is -0.137. The van der Waals surface area contributed by atoms with Gasteiger partial charge < -0.3 is 4.90 Å². The smallest absolute Gasteiger partial charge is 0.243 e. The Labute approximate surface area is 207 Å². The third kappa shape index (κ3) is 4.44. The molecule has 5 rings (SSSR count). The standard InChI is InChI=1S/C22H24Cl2N6O2S/c23-18-19(24)25-12-26-20(18)29-8-6-28(7-9-29)10-13-2-1-3-14-15(13)11-30(22(14)33)16-4-5-17(31)27-21(16)32/h1-3,12,16,22,33H,4-11H2,(H,27,31,32). The number of carbonyl (C=O) groups excluding carboxylic acids is 2. The van der Waals surface area contributed by atoms with E-state index in [4.69, 9.17) is 35.8 Å². The number of nitrogens with zero attached hydrogens (tertiary/aromatic N) is 5. The first-order valence-electron chi connectivity index (χ1n) is 10.9. The molecule has 2 aromatic rings. The van der Waals surface area contributed by atoms with E-state index in [2.05, 4.69) is 48.2 Å². The molecule has 2 unspecified atom stereocenters. The van der Waals surface area contributed by atoms with Crippen molar-refractivity contribution in [2.75, 3.05) is 31.1 Å². The van der Waals surface area contributed by atoms with Crippen molar-refractivity contribution < 1.29 is 9.59 Å². The van der Waals surface area contributed by atoms with Gasteiger partial charge in [0.2, 0.25) is 11.8 Å². The Morgan fingerprint density at radius 3 is 2.67 bits per heavy atom. The second kappa shape index (κ2) is 9.38. The molecule has 2 amide bonds. The van der Waals surface area contributed by atoms with Gasteiger partial charge in [0, 0.05) is 45.7 Å². The molecular formula is C22H24Cl2N6O2S. The summed E-state index contributed by atoms with van der Waals surface area (Å²) >= 11 is 17.2. The molecule has 2 atom stereocenters. The van der Waals surface area contributed by atoms with Crippen LogP contribution in [0.1, 0.15) is 34.9 Å². The molecule has 2 fully saturated rings. The van der Waals surface area contributed by atoms with Crippen molar-refractivity contribution in [3.8, 4) is 0 Å². The van der Waals surface area contributed by atoms with Gasteiger partial charge >= 0.3 is 0 Å². The Hall–Kier alpha value is -1.91. The lowest BCUT2D eigenvalue weighted by Crippen LogP contribution is -2.51. The summed E-state index contributed by atoms with van der Waals surface area (Å²) in [6, 6.07) is 5.96. The van der Waals surface area contributed by atoms with Crippen molar-refractivity contribution in [3.05, 3.63) is 51.4 Å². The average molecular weight is 507 g/mol. The predicted octanol–water partition coefficient (Wildman–Crippen LogP) is 2.65. The summed E-state index contributed by atoms with van der Waals surface area (Å²) in [5, 5.41) is 2.96. The molecule has 3 aliphatic rings. The van der Waals surface area contributed by atoms with E-state index >= 15 is 0 Å². The van der Waals surface area contributed by atoms with Crippen molar-refractivity contribution in [1.29, 1.82) is 0 Å². The minimum absolute atomic E-state index is 0.162. The molecule has 1 aromatic carbocycles. The molecule has 3 aliphatic heterocycles. The molecule has 0 radical (unpaired) electrons. The fourth-order valence-corrected chi connectivity index (χ4v) is 5.71. The molecule has 4 heterocycles. The molecule has 0 saturated carbocycles. The van der Waals surface area contributed by atoms with Gasteiger partial charge in [-0.3, -0.25) is 24.7 Å². The van der Waals surface area contributed by atoms with Crippen LogP contribution in [-0.2, 0) is 22.7 Å². The van der Waals surface area contributed by atoms with E-state index in [-0.39, 0.29) is 28.4 Å². The summed E-state index contributed by atoms with van der Waals surface area (Å²) in [4.78, 5) is 38.9. The number of fused-ring (bicyclic) bond motifs is 1. The second-order valence-corrected chi connectivity index (χ2v) is 9.79. The fraction of sp³-hybridized carbons (Fsp3) is 0.455. The minimum atomic E-state index is -0.335. The zero-order valence-electron chi connectivity index (χ0n) is 17.9. The summed E-state index contributed by atoms with van der Waals surface area (Å²) in [5.41, 5.74) is 3.62. The van der Waals surface area contributed by atoms with E-state index in [0.29, 0.717) is 30.2 Å². The van der Waals surface area contributed by atoms with Gasteiger partial charge in [0.15, 0.2) is 11.0 Å². The highest BCUT2D eigenvalue weighted by Gasteiger charge is 2.39. The number of carbonyl (C=O) groups is 2. The lowest BCUT2D eigenvalue weighted by atomic mass is 10.0. The highest BCUT2D eigenvalue weighted by atomic mass is 35.5. The van der Waals surface area contributed by atoms with E-state index in [9.17, 15) is 9.59 Å². The van der Waals surface area contributed by atoms with Gasteiger partial charge in [-0.15, -0.1) is 0 Å². The third-order valence-corrected chi connectivity index (χ3v) is 7.95. The summed E-state index contributed by atoms with van der Waals surface area (Å²) in [5.74, 6) is 0.253. The van der Waals surface area contributed by atoms with Crippen LogP contribution in [0.3, 0.4) is 0 Å². The number of anilines is 1. The molecule has 33 heavy (non-hydrogen) atoms. The number of piperidine rings is 1. The van der Waals surface area contributed by atoms with Crippen molar-refractivity contribution in [2.24, 2.45) is 0 Å². The van der Waals surface area contributed by atoms with E-state index in [1.54, 1.807) is 0 Å². The van der Waals surface area contributed by atoms with Crippen molar-refractivity contribution in [1.82, 2.24) is 25.1 Å². The van der Waals surface area contributed by atoms with Gasteiger partial charge in [0.25, 0.3) is 0 Å². The number of rotatable bonds is 4. The van der Waals surface area contributed by atoms with Crippen LogP contribution in [0.2, 0.25) is 10.2 Å². The van der Waals surface area contributed by atoms with Gasteiger partial charge in [-0.1, -0.05) is 41.4 Å². The lowest BCUT2D eigenvalue weighted by Gasteiger charge is -2.36. The number of thiol groups is 1. The number of nitrogens with one attached hydrogen (secondary N) is 1. The Morgan fingerprint density at radius 1 is 1.12 bits per heavy atom. The Balaban J connectivity index is 1.26. The topological polar surface area (TPSA) is 81.7 Å². The van der Waals surface area contributed by atoms with E-state index < -0.39 is 0 Å². The first-order valence-corrected chi connectivity index (χ1v) is 12.2. The number of halogens is 2. The predicted molar refractivity (Wildman–Crippen MR) is 129 cm³/mol. The van der Waals surface area contributed by atoms with Crippen LogP contribution < -0.4 is 10.2 Å². The van der Waals surface area contributed by atoms with Crippen LogP contribution in [0.5, 0.6) is 0 Å². The second-order valence-electron chi connectivity index (χ2n) is 8.56. The number of imide groups is 1. The summed E-state index contributed by atoms with van der Waals surface area (Å²) in [7, 11) is 0. The summed E-state index contributed by atoms with van der Waals surface area (Å²) in [6.07, 6.45) is 2.33. The number of hydrogen-bond donors (Lipinski definition) is 2. The molecule has 0 spiro atoms. The van der Waals surface area contributed by atoms with Gasteiger partial charge in [0.1, 0.15) is 11.3 Å². The zero-order valence-corrected chi connectivity index (χ0v) is 20.3. The molecule has 1 aromatic heterocycles. The van der Waals surface area contributed by atoms with Gasteiger partial charge in [-0.2, -0.15) is 12.6 Å². The van der Waals surface area contributed by atoms with E-state index in [1.165, 1.54) is 17.5 Å². The maximum atomic E-state index is 12.4. The van der Waals surface area contributed by atoms with Crippen molar-refractivity contribution in [2.45, 2.75) is 37.3 Å². The quantitative estimate of drug-likeness (QED) is 0.374. The summed E-state index contributed by atoms with van der Waals surface area (Å²) < 4.78 is 0. The van der Waals surface area contributed by atoms with Gasteiger partial charge in [0.05, 0.1) is 11.4 Å². The normalized spacial score (nSPS) is 24.2. The number of piperazine rings is 1. The SMILES string of the molecule is O=C1CCC(N2Cc3c(CN4CCN(c5ncnc(Cl)c5Cl)CC4)cccc3C2S)C(=O)N1. The molecule has 0 bridgehead atoms. The largest absolute Gasteiger partial charge is 0.353 e. The highest BCUT2D eigenvalue weighted by Crippen LogP contribution is 2.41. The monoisotopic (exact) mass is 506 g/mol. The van der Waals surface area contributed by atoms with E-state index in [0.717, 1.165) is 38.3 Å². The Morgan fingerprint density at radius 2 is 1.91 bits per heavy atom. The minimum Gasteiger partial charge on any atom is -0.353 e. The van der Waals surface area contributed by atoms with Gasteiger partial charge in [-0.05, 0) is 23.1 Å². The first-order chi connectivity index (χ1) is 15.9. The maximum absolute atomic E-state index is 12.4. The van der Waals surface area contributed by atoms with Crippen LogP contribution in [0.4, 0.5) is 5.82 Å². The fourth-order valence-electron chi connectivity index (χ4n) is 4.88. The van der Waals surface area contributed by atoms with Crippen LogP contribution in [-0.4, -0.2) is 63.8 Å². The number of aromatic nitrogens is 2. The number of amides is 2. The first kappa shape index (κ1) is 22.9. The zero-order chi connectivity index (χ0) is 23.1. The molecular weight excluding hydrogens is 483 g/mol. The van der Waals surface area contributed by atoms with Gasteiger partial charge in [-0.25, -0.2) is 9.97 Å². The Bertz CT molecular complexity index is 1090. The molecule has 2 saturated heterocycles.